The second-order valence-electron chi connectivity index (χ2n) is 6.06. The van der Waals surface area contributed by atoms with E-state index in [1.165, 1.54) is 7.11 Å². The van der Waals surface area contributed by atoms with Crippen molar-refractivity contribution in [2.45, 2.75) is 12.8 Å². The van der Waals surface area contributed by atoms with Crippen molar-refractivity contribution in [3.05, 3.63) is 47.1 Å². The standard InChI is InChI=1S/C18H19ClN4O3/c1-26-18(25)12-4-6-14(7-5-12)20-17(24)13-3-2-10-23(11-13)16-9-8-15(19)21-22-16/h4-9,13H,2-3,10-11H2,1H3,(H,20,24)/t13-/m1/s1. The zero-order chi connectivity index (χ0) is 18.5. The molecule has 1 aliphatic heterocycles. The Balaban J connectivity index is 1.62. The number of hydrogen-bond acceptors (Lipinski definition) is 6. The minimum Gasteiger partial charge on any atom is -0.465 e. The van der Waals surface area contributed by atoms with Crippen LogP contribution in [0.15, 0.2) is 36.4 Å². The molecule has 1 saturated heterocycles. The zero-order valence-electron chi connectivity index (χ0n) is 14.3. The Morgan fingerprint density at radius 3 is 2.62 bits per heavy atom. The molecule has 136 valence electrons. The third-order valence-corrected chi connectivity index (χ3v) is 4.51. The number of piperidine rings is 1. The average Bonchev–Trinajstić information content (AvgIpc) is 2.68. The summed E-state index contributed by atoms with van der Waals surface area (Å²) in [4.78, 5) is 26.1. The summed E-state index contributed by atoms with van der Waals surface area (Å²) in [7, 11) is 1.33. The zero-order valence-corrected chi connectivity index (χ0v) is 15.1. The molecule has 3 rings (SSSR count). The molecule has 26 heavy (non-hydrogen) atoms. The molecule has 7 nitrogen and oxygen atoms in total. The number of carbonyl (C=O) groups excluding carboxylic acids is 2. The summed E-state index contributed by atoms with van der Waals surface area (Å²) in [6.07, 6.45) is 1.70. The maximum absolute atomic E-state index is 12.6. The lowest BCUT2D eigenvalue weighted by molar-refractivity contribution is -0.120. The van der Waals surface area contributed by atoms with Crippen LogP contribution in [0.1, 0.15) is 23.2 Å². The van der Waals surface area contributed by atoms with Gasteiger partial charge in [0.2, 0.25) is 5.91 Å². The van der Waals surface area contributed by atoms with Gasteiger partial charge in [-0.3, -0.25) is 4.79 Å². The van der Waals surface area contributed by atoms with Gasteiger partial charge in [0.25, 0.3) is 0 Å². The fourth-order valence-corrected chi connectivity index (χ4v) is 3.03. The number of nitrogens with one attached hydrogen (secondary N) is 1. The van der Waals surface area contributed by atoms with Crippen LogP contribution < -0.4 is 10.2 Å². The van der Waals surface area contributed by atoms with Gasteiger partial charge < -0.3 is 15.0 Å². The van der Waals surface area contributed by atoms with Gasteiger partial charge in [-0.05, 0) is 49.2 Å². The highest BCUT2D eigenvalue weighted by atomic mass is 35.5. The Bertz CT molecular complexity index is 780. The fraction of sp³-hybridized carbons (Fsp3) is 0.333. The van der Waals surface area contributed by atoms with Crippen LogP contribution in [0.3, 0.4) is 0 Å². The largest absolute Gasteiger partial charge is 0.465 e. The molecule has 1 aromatic heterocycles. The monoisotopic (exact) mass is 374 g/mol. The molecule has 1 fully saturated rings. The molecule has 0 saturated carbocycles. The Kier molecular flexibility index (Phi) is 5.68. The molecule has 0 radical (unpaired) electrons. The summed E-state index contributed by atoms with van der Waals surface area (Å²) >= 11 is 5.77. The predicted octanol–water partition coefficient (Wildman–Crippen LogP) is 2.77. The van der Waals surface area contributed by atoms with Crippen molar-refractivity contribution < 1.29 is 14.3 Å². The highest BCUT2D eigenvalue weighted by molar-refractivity contribution is 6.29. The number of hydrogen-bond donors (Lipinski definition) is 1. The van der Waals surface area contributed by atoms with Gasteiger partial charge >= 0.3 is 5.97 Å². The van der Waals surface area contributed by atoms with Crippen molar-refractivity contribution in [2.75, 3.05) is 30.4 Å². The van der Waals surface area contributed by atoms with E-state index in [-0.39, 0.29) is 11.8 Å². The van der Waals surface area contributed by atoms with Crippen LogP contribution in [0.2, 0.25) is 5.15 Å². The maximum Gasteiger partial charge on any atom is 0.337 e. The third kappa shape index (κ3) is 4.29. The van der Waals surface area contributed by atoms with Crippen molar-refractivity contribution in [3.63, 3.8) is 0 Å². The van der Waals surface area contributed by atoms with Gasteiger partial charge in [0.1, 0.15) is 0 Å². The van der Waals surface area contributed by atoms with E-state index in [9.17, 15) is 9.59 Å². The van der Waals surface area contributed by atoms with E-state index in [0.29, 0.717) is 28.8 Å². The Morgan fingerprint density at radius 2 is 1.96 bits per heavy atom. The van der Waals surface area contributed by atoms with E-state index in [1.807, 2.05) is 4.90 Å². The number of rotatable bonds is 4. The number of benzene rings is 1. The predicted molar refractivity (Wildman–Crippen MR) is 98.4 cm³/mol. The normalized spacial score (nSPS) is 16.8. The van der Waals surface area contributed by atoms with Crippen LogP contribution in [0.5, 0.6) is 0 Å². The first kappa shape index (κ1) is 18.1. The molecule has 0 spiro atoms. The van der Waals surface area contributed by atoms with E-state index in [0.717, 1.165) is 19.4 Å². The van der Waals surface area contributed by atoms with Crippen molar-refractivity contribution in [1.82, 2.24) is 10.2 Å². The summed E-state index contributed by atoms with van der Waals surface area (Å²) in [6.45, 7) is 1.40. The van der Waals surface area contributed by atoms with E-state index < -0.39 is 5.97 Å². The number of methoxy groups -OCH3 is 1. The van der Waals surface area contributed by atoms with E-state index in [4.69, 9.17) is 11.6 Å². The summed E-state index contributed by atoms with van der Waals surface area (Å²) in [5.41, 5.74) is 1.08. The fourth-order valence-electron chi connectivity index (χ4n) is 2.93. The van der Waals surface area contributed by atoms with Gasteiger partial charge in [-0.15, -0.1) is 10.2 Å². The van der Waals surface area contributed by atoms with Crippen LogP contribution in [0.4, 0.5) is 11.5 Å². The Morgan fingerprint density at radius 1 is 1.19 bits per heavy atom. The lowest BCUT2D eigenvalue weighted by atomic mass is 9.97. The number of anilines is 2. The Labute approximate surface area is 156 Å². The number of nitrogens with zero attached hydrogens (tertiary/aromatic N) is 3. The van der Waals surface area contributed by atoms with Gasteiger partial charge in [0, 0.05) is 18.8 Å². The lowest BCUT2D eigenvalue weighted by Gasteiger charge is -2.32. The molecular weight excluding hydrogens is 356 g/mol. The first-order valence-electron chi connectivity index (χ1n) is 8.30. The number of amides is 1. The molecule has 0 aliphatic carbocycles. The third-order valence-electron chi connectivity index (χ3n) is 4.31. The van der Waals surface area contributed by atoms with E-state index >= 15 is 0 Å². The van der Waals surface area contributed by atoms with Crippen LogP contribution >= 0.6 is 11.6 Å². The topological polar surface area (TPSA) is 84.4 Å². The van der Waals surface area contributed by atoms with Crippen LogP contribution in [-0.2, 0) is 9.53 Å². The first-order valence-corrected chi connectivity index (χ1v) is 8.68. The van der Waals surface area contributed by atoms with Crippen molar-refractivity contribution in [2.24, 2.45) is 5.92 Å². The SMILES string of the molecule is COC(=O)c1ccc(NC(=O)[C@@H]2CCCN(c3ccc(Cl)nn3)C2)cc1. The van der Waals surface area contributed by atoms with Gasteiger partial charge in [0.05, 0.1) is 18.6 Å². The molecule has 2 aromatic rings. The number of ether oxygens (including phenoxy) is 1. The number of esters is 1. The minimum absolute atomic E-state index is 0.0533. The molecule has 1 atom stereocenters. The van der Waals surface area contributed by atoms with E-state index in [1.54, 1.807) is 36.4 Å². The molecule has 1 N–H and O–H groups in total. The lowest BCUT2D eigenvalue weighted by Crippen LogP contribution is -2.41. The van der Waals surface area contributed by atoms with Crippen molar-refractivity contribution in [3.8, 4) is 0 Å². The molecule has 8 heteroatoms. The smallest absolute Gasteiger partial charge is 0.337 e. The molecule has 2 heterocycles. The minimum atomic E-state index is -0.408. The van der Waals surface area contributed by atoms with Crippen LogP contribution in [0, 0.1) is 5.92 Å². The second-order valence-corrected chi connectivity index (χ2v) is 6.44. The Hall–Kier alpha value is -2.67. The van der Waals surface area contributed by atoms with Crippen LogP contribution in [-0.4, -0.2) is 42.3 Å². The van der Waals surface area contributed by atoms with Gasteiger partial charge in [-0.25, -0.2) is 4.79 Å². The summed E-state index contributed by atoms with van der Waals surface area (Å²) in [5.74, 6) is 0.105. The molecule has 1 amide bonds. The van der Waals surface area contributed by atoms with Crippen LogP contribution in [0.25, 0.3) is 0 Å². The molecule has 1 aliphatic rings. The van der Waals surface area contributed by atoms with E-state index in [2.05, 4.69) is 20.3 Å². The molecule has 0 unspecified atom stereocenters. The van der Waals surface area contributed by atoms with Crippen molar-refractivity contribution in [1.29, 1.82) is 0 Å². The highest BCUT2D eigenvalue weighted by Crippen LogP contribution is 2.23. The molecule has 0 bridgehead atoms. The van der Waals surface area contributed by atoms with Crippen molar-refractivity contribution >= 4 is 35.0 Å². The number of aromatic nitrogens is 2. The van der Waals surface area contributed by atoms with Gasteiger partial charge in [-0.2, -0.15) is 0 Å². The molecule has 1 aromatic carbocycles. The first-order chi connectivity index (χ1) is 12.6. The summed E-state index contributed by atoms with van der Waals surface area (Å²) in [6, 6.07) is 10.1. The quantitative estimate of drug-likeness (QED) is 0.828. The second kappa shape index (κ2) is 8.14. The molecular formula is C18H19ClN4O3. The highest BCUT2D eigenvalue weighted by Gasteiger charge is 2.26. The van der Waals surface area contributed by atoms with Gasteiger partial charge in [-0.1, -0.05) is 11.6 Å². The maximum atomic E-state index is 12.6. The van der Waals surface area contributed by atoms with Gasteiger partial charge in [0.15, 0.2) is 11.0 Å². The number of halogens is 1. The summed E-state index contributed by atoms with van der Waals surface area (Å²) < 4.78 is 4.66. The number of carbonyl (C=O) groups is 2. The average molecular weight is 375 g/mol. The summed E-state index contributed by atoms with van der Waals surface area (Å²) in [5, 5.41) is 11.2.